The van der Waals surface area contributed by atoms with Gasteiger partial charge in [-0.1, -0.05) is 6.92 Å². The minimum Gasteiger partial charge on any atom is -0.393 e. The normalized spacial score (nSPS) is 27.8. The third kappa shape index (κ3) is 2.69. The summed E-state index contributed by atoms with van der Waals surface area (Å²) in [5.74, 6) is 0.364. The zero-order valence-electron chi connectivity index (χ0n) is 8.78. The van der Waals surface area contributed by atoms with Crippen molar-refractivity contribution in [1.29, 1.82) is 0 Å². The van der Waals surface area contributed by atoms with E-state index in [4.69, 9.17) is 5.73 Å². The van der Waals surface area contributed by atoms with Crippen LogP contribution in [0.3, 0.4) is 0 Å². The van der Waals surface area contributed by atoms with Crippen LogP contribution in [0.5, 0.6) is 0 Å². The van der Waals surface area contributed by atoms with Crippen LogP contribution in [0, 0.1) is 5.92 Å². The molecule has 0 aromatic rings. The summed E-state index contributed by atoms with van der Waals surface area (Å²) in [7, 11) is 0. The van der Waals surface area contributed by atoms with Crippen LogP contribution in [0.1, 0.15) is 26.2 Å². The molecule has 1 heterocycles. The zero-order chi connectivity index (χ0) is 10.6. The molecule has 0 spiro atoms. The fraction of sp³-hybridized carbons (Fsp3) is 0.900. The minimum atomic E-state index is -0.234. The van der Waals surface area contributed by atoms with E-state index in [-0.39, 0.29) is 17.9 Å². The van der Waals surface area contributed by atoms with Gasteiger partial charge in [0.25, 0.3) is 0 Å². The molecule has 1 rings (SSSR count). The van der Waals surface area contributed by atoms with Gasteiger partial charge in [-0.3, -0.25) is 4.79 Å². The highest BCUT2D eigenvalue weighted by molar-refractivity contribution is 5.76. The Morgan fingerprint density at radius 2 is 2.36 bits per heavy atom. The maximum absolute atomic E-state index is 11.5. The number of rotatable bonds is 3. The Hall–Kier alpha value is -0.610. The summed E-state index contributed by atoms with van der Waals surface area (Å²) >= 11 is 0. The standard InChI is InChI=1S/C10H20N2O2/c1-2-8-7-12(6-4-9(8)13)10(14)3-5-11/h8-9,13H,2-7,11H2,1H3/t8-,9-/m0/s1. The highest BCUT2D eigenvalue weighted by Gasteiger charge is 2.28. The molecule has 4 nitrogen and oxygen atoms in total. The molecule has 14 heavy (non-hydrogen) atoms. The van der Waals surface area contributed by atoms with E-state index in [9.17, 15) is 9.90 Å². The van der Waals surface area contributed by atoms with Crippen molar-refractivity contribution in [3.63, 3.8) is 0 Å². The molecule has 1 amide bonds. The fourth-order valence-electron chi connectivity index (χ4n) is 1.93. The van der Waals surface area contributed by atoms with E-state index in [2.05, 4.69) is 0 Å². The molecular weight excluding hydrogens is 180 g/mol. The second-order valence-electron chi connectivity index (χ2n) is 3.90. The lowest BCUT2D eigenvalue weighted by Gasteiger charge is -2.35. The van der Waals surface area contributed by atoms with Crippen molar-refractivity contribution in [2.45, 2.75) is 32.3 Å². The van der Waals surface area contributed by atoms with E-state index in [0.717, 1.165) is 6.42 Å². The molecule has 1 saturated heterocycles. The lowest BCUT2D eigenvalue weighted by atomic mass is 9.92. The van der Waals surface area contributed by atoms with Crippen LogP contribution in [0.25, 0.3) is 0 Å². The molecule has 1 aliphatic rings. The number of piperidine rings is 1. The van der Waals surface area contributed by atoms with E-state index < -0.39 is 0 Å². The predicted octanol–water partition coefficient (Wildman–Crippen LogP) is -0.0454. The topological polar surface area (TPSA) is 66.6 Å². The van der Waals surface area contributed by atoms with Crippen molar-refractivity contribution in [3.05, 3.63) is 0 Å². The second kappa shape index (κ2) is 5.32. The third-order valence-electron chi connectivity index (χ3n) is 2.93. The first-order valence-corrected chi connectivity index (χ1v) is 5.35. The predicted molar refractivity (Wildman–Crippen MR) is 54.7 cm³/mol. The summed E-state index contributed by atoms with van der Waals surface area (Å²) in [6, 6.07) is 0. The van der Waals surface area contributed by atoms with Gasteiger partial charge in [0.15, 0.2) is 0 Å². The van der Waals surface area contributed by atoms with E-state index in [1.54, 1.807) is 0 Å². The van der Waals surface area contributed by atoms with Crippen LogP contribution >= 0.6 is 0 Å². The number of hydrogen-bond acceptors (Lipinski definition) is 3. The zero-order valence-corrected chi connectivity index (χ0v) is 8.78. The Labute approximate surface area is 85.1 Å². The molecule has 2 atom stereocenters. The van der Waals surface area contributed by atoms with E-state index >= 15 is 0 Å². The molecule has 0 aromatic heterocycles. The van der Waals surface area contributed by atoms with Crippen molar-refractivity contribution in [1.82, 2.24) is 4.90 Å². The van der Waals surface area contributed by atoms with Crippen molar-refractivity contribution >= 4 is 5.91 Å². The SMILES string of the molecule is CC[C@H]1CN(C(=O)CCN)CC[C@@H]1O. The number of amides is 1. The van der Waals surface area contributed by atoms with Gasteiger partial charge in [0.05, 0.1) is 6.10 Å². The minimum absolute atomic E-state index is 0.123. The Kier molecular flexibility index (Phi) is 4.35. The number of nitrogens with zero attached hydrogens (tertiary/aromatic N) is 1. The first kappa shape index (κ1) is 11.5. The molecule has 0 aliphatic carbocycles. The summed E-state index contributed by atoms with van der Waals surface area (Å²) in [5.41, 5.74) is 5.33. The average molecular weight is 200 g/mol. The van der Waals surface area contributed by atoms with Crippen LogP contribution in [0.4, 0.5) is 0 Å². The Bertz CT molecular complexity index is 197. The second-order valence-corrected chi connectivity index (χ2v) is 3.90. The lowest BCUT2D eigenvalue weighted by Crippen LogP contribution is -2.46. The Morgan fingerprint density at radius 3 is 2.93 bits per heavy atom. The van der Waals surface area contributed by atoms with Crippen molar-refractivity contribution in [2.75, 3.05) is 19.6 Å². The van der Waals surface area contributed by atoms with Gasteiger partial charge in [-0.25, -0.2) is 0 Å². The van der Waals surface area contributed by atoms with Gasteiger partial charge in [0, 0.05) is 32.0 Å². The highest BCUT2D eigenvalue weighted by atomic mass is 16.3. The van der Waals surface area contributed by atoms with Gasteiger partial charge < -0.3 is 15.7 Å². The molecule has 1 aliphatic heterocycles. The smallest absolute Gasteiger partial charge is 0.223 e. The maximum atomic E-state index is 11.5. The number of nitrogens with two attached hydrogens (primary N) is 1. The molecule has 1 fully saturated rings. The first-order valence-electron chi connectivity index (χ1n) is 5.35. The maximum Gasteiger partial charge on any atom is 0.223 e. The Balaban J connectivity index is 2.45. The number of aliphatic hydroxyl groups excluding tert-OH is 1. The monoisotopic (exact) mass is 200 g/mol. The third-order valence-corrected chi connectivity index (χ3v) is 2.93. The fourth-order valence-corrected chi connectivity index (χ4v) is 1.93. The van der Waals surface area contributed by atoms with Crippen molar-refractivity contribution in [3.8, 4) is 0 Å². The van der Waals surface area contributed by atoms with Crippen molar-refractivity contribution in [2.24, 2.45) is 11.7 Å². The molecule has 4 heteroatoms. The highest BCUT2D eigenvalue weighted by Crippen LogP contribution is 2.20. The molecule has 0 saturated carbocycles. The summed E-state index contributed by atoms with van der Waals surface area (Å²) in [5, 5.41) is 9.64. The first-order chi connectivity index (χ1) is 6.69. The van der Waals surface area contributed by atoms with E-state index in [1.807, 2.05) is 11.8 Å². The summed E-state index contributed by atoms with van der Waals surface area (Å²) in [4.78, 5) is 13.4. The molecule has 3 N–H and O–H groups in total. The summed E-state index contributed by atoms with van der Waals surface area (Å²) < 4.78 is 0. The van der Waals surface area contributed by atoms with E-state index in [1.165, 1.54) is 0 Å². The largest absolute Gasteiger partial charge is 0.393 e. The molecule has 82 valence electrons. The van der Waals surface area contributed by atoms with Crippen LogP contribution in [-0.4, -0.2) is 41.7 Å². The van der Waals surface area contributed by atoms with Gasteiger partial charge in [0.1, 0.15) is 0 Å². The van der Waals surface area contributed by atoms with Gasteiger partial charge in [-0.2, -0.15) is 0 Å². The van der Waals surface area contributed by atoms with Crippen LogP contribution < -0.4 is 5.73 Å². The quantitative estimate of drug-likeness (QED) is 0.671. The molecule has 0 unspecified atom stereocenters. The molecule has 0 bridgehead atoms. The van der Waals surface area contributed by atoms with E-state index in [0.29, 0.717) is 32.5 Å². The van der Waals surface area contributed by atoms with Crippen molar-refractivity contribution < 1.29 is 9.90 Å². The number of aliphatic hydroxyl groups is 1. The lowest BCUT2D eigenvalue weighted by molar-refractivity contribution is -0.134. The molecular formula is C10H20N2O2. The average Bonchev–Trinajstić information content (AvgIpc) is 2.19. The van der Waals surface area contributed by atoms with Gasteiger partial charge in [-0.15, -0.1) is 0 Å². The van der Waals surface area contributed by atoms with Crippen LogP contribution in [0.15, 0.2) is 0 Å². The van der Waals surface area contributed by atoms with Crippen LogP contribution in [0.2, 0.25) is 0 Å². The van der Waals surface area contributed by atoms with Crippen LogP contribution in [-0.2, 0) is 4.79 Å². The number of carbonyl (C=O) groups is 1. The summed E-state index contributed by atoms with van der Waals surface area (Å²) in [6.07, 6.45) is 1.82. The Morgan fingerprint density at radius 1 is 1.64 bits per heavy atom. The summed E-state index contributed by atoms with van der Waals surface area (Å²) in [6.45, 7) is 3.83. The van der Waals surface area contributed by atoms with Gasteiger partial charge in [0.2, 0.25) is 5.91 Å². The number of carbonyl (C=O) groups excluding carboxylic acids is 1. The number of hydrogen-bond donors (Lipinski definition) is 2. The van der Waals surface area contributed by atoms with Gasteiger partial charge >= 0.3 is 0 Å². The molecule has 0 radical (unpaired) electrons. The van der Waals surface area contributed by atoms with Gasteiger partial charge in [-0.05, 0) is 12.8 Å². The molecule has 0 aromatic carbocycles. The number of likely N-dealkylation sites (tertiary alicyclic amines) is 1.